The Morgan fingerprint density at radius 1 is 1.06 bits per heavy atom. The summed E-state index contributed by atoms with van der Waals surface area (Å²) >= 11 is 9.73. The molecule has 0 N–H and O–H groups in total. The third-order valence-corrected chi connectivity index (χ3v) is 7.45. The summed E-state index contributed by atoms with van der Waals surface area (Å²) in [4.78, 5) is 14.8. The molecule has 1 atom stereocenters. The number of carbonyl (C=O) groups is 1. The van der Waals surface area contributed by atoms with Gasteiger partial charge in [0, 0.05) is 35.8 Å². The van der Waals surface area contributed by atoms with Gasteiger partial charge in [0.2, 0.25) is 11.6 Å². The lowest BCUT2D eigenvalue weighted by atomic mass is 9.76. The largest absolute Gasteiger partial charge is 0.619 e. The van der Waals surface area contributed by atoms with Gasteiger partial charge in [0.15, 0.2) is 18.6 Å². The Morgan fingerprint density at radius 3 is 2.50 bits per heavy atom. The van der Waals surface area contributed by atoms with E-state index < -0.39 is 0 Å². The van der Waals surface area contributed by atoms with Crippen LogP contribution < -0.4 is 9.46 Å². The molecule has 3 aromatic rings. The standard InChI is InChI=1S/C26H23BrClN3O3/c27-21-14-20-2-1-19-15-22(28)3-4-23(19)25(26(20)31(34)16-21)18-7-9-29(10-8-18)24(32)13-17-5-11-30(33)12-6-17/h1-6,11-12,14-16,18,25H,7-10,13H2/t25-/m0/s1. The number of rotatable bonds is 3. The third kappa shape index (κ3) is 4.55. The van der Waals surface area contributed by atoms with Gasteiger partial charge in [0.1, 0.15) is 0 Å². The van der Waals surface area contributed by atoms with Gasteiger partial charge in [0.05, 0.1) is 16.8 Å². The molecule has 2 aromatic heterocycles. The Morgan fingerprint density at radius 2 is 1.76 bits per heavy atom. The molecule has 0 unspecified atom stereocenters. The number of hydrogen-bond donors (Lipinski definition) is 0. The first kappa shape index (κ1) is 22.9. The monoisotopic (exact) mass is 539 g/mol. The van der Waals surface area contributed by atoms with E-state index in [-0.39, 0.29) is 24.2 Å². The van der Waals surface area contributed by atoms with Crippen LogP contribution in [0.5, 0.6) is 0 Å². The quantitative estimate of drug-likeness (QED) is 0.364. The highest BCUT2D eigenvalue weighted by molar-refractivity contribution is 9.10. The number of hydrogen-bond acceptors (Lipinski definition) is 3. The molecule has 6 nitrogen and oxygen atoms in total. The van der Waals surface area contributed by atoms with Crippen molar-refractivity contribution in [2.24, 2.45) is 5.92 Å². The summed E-state index contributed by atoms with van der Waals surface area (Å²) in [5, 5.41) is 25.0. The van der Waals surface area contributed by atoms with Gasteiger partial charge in [-0.25, -0.2) is 0 Å². The topological polar surface area (TPSA) is 74.2 Å². The van der Waals surface area contributed by atoms with Crippen LogP contribution in [0.25, 0.3) is 12.2 Å². The van der Waals surface area contributed by atoms with Crippen LogP contribution in [0.3, 0.4) is 0 Å². The van der Waals surface area contributed by atoms with Crippen LogP contribution in [-0.4, -0.2) is 23.9 Å². The number of fused-ring (bicyclic) bond motifs is 2. The second kappa shape index (κ2) is 9.39. The third-order valence-electron chi connectivity index (χ3n) is 6.78. The van der Waals surface area contributed by atoms with Crippen LogP contribution in [0.1, 0.15) is 46.7 Å². The van der Waals surface area contributed by atoms with Crippen molar-refractivity contribution in [3.63, 3.8) is 0 Å². The average molecular weight is 541 g/mol. The van der Waals surface area contributed by atoms with Gasteiger partial charge in [-0.3, -0.25) is 4.79 Å². The zero-order chi connectivity index (χ0) is 23.8. The molecule has 0 radical (unpaired) electrons. The van der Waals surface area contributed by atoms with Crippen molar-refractivity contribution in [2.75, 3.05) is 13.1 Å². The Labute approximate surface area is 211 Å². The van der Waals surface area contributed by atoms with Gasteiger partial charge in [0.25, 0.3) is 0 Å². The van der Waals surface area contributed by atoms with E-state index in [4.69, 9.17) is 11.6 Å². The maximum Gasteiger partial charge on any atom is 0.226 e. The van der Waals surface area contributed by atoms with Crippen LogP contribution in [0.15, 0.2) is 59.5 Å². The van der Waals surface area contributed by atoms with Crippen LogP contribution >= 0.6 is 27.5 Å². The maximum absolute atomic E-state index is 13.1. The summed E-state index contributed by atoms with van der Waals surface area (Å²) in [5.41, 5.74) is 4.56. The second-order valence-electron chi connectivity index (χ2n) is 8.87. The van der Waals surface area contributed by atoms with E-state index in [9.17, 15) is 15.2 Å². The first-order valence-corrected chi connectivity index (χ1v) is 12.4. The Balaban J connectivity index is 1.40. The summed E-state index contributed by atoms with van der Waals surface area (Å²) in [6.45, 7) is 1.27. The first-order valence-electron chi connectivity index (χ1n) is 11.2. The number of nitrogens with zero attached hydrogens (tertiary/aromatic N) is 3. The number of halogens is 2. The van der Waals surface area contributed by atoms with Crippen molar-refractivity contribution in [1.29, 1.82) is 0 Å². The lowest BCUT2D eigenvalue weighted by Gasteiger charge is -2.36. The molecule has 1 amide bonds. The summed E-state index contributed by atoms with van der Waals surface area (Å²) in [5.74, 6) is 0.168. The maximum atomic E-state index is 13.1. The molecule has 1 aliphatic heterocycles. The Kier molecular flexibility index (Phi) is 6.32. The highest BCUT2D eigenvalue weighted by Gasteiger charge is 2.38. The fourth-order valence-electron chi connectivity index (χ4n) is 5.13. The van der Waals surface area contributed by atoms with Crippen LogP contribution in [0, 0.1) is 16.3 Å². The number of pyridine rings is 2. The molecule has 174 valence electrons. The number of carbonyl (C=O) groups excluding carboxylic acids is 1. The highest BCUT2D eigenvalue weighted by Crippen LogP contribution is 2.42. The van der Waals surface area contributed by atoms with Gasteiger partial charge in [-0.2, -0.15) is 9.46 Å². The van der Waals surface area contributed by atoms with Crippen LogP contribution in [0.2, 0.25) is 5.02 Å². The molecule has 1 aromatic carbocycles. The van der Waals surface area contributed by atoms with Crippen molar-refractivity contribution in [3.05, 3.63) is 103 Å². The van der Waals surface area contributed by atoms with Gasteiger partial charge < -0.3 is 15.3 Å². The smallest absolute Gasteiger partial charge is 0.226 e. The van der Waals surface area contributed by atoms with Crippen molar-refractivity contribution in [1.82, 2.24) is 4.90 Å². The SMILES string of the molecule is O=C(Cc1cc[n+]([O-])cc1)N1CCC([C@H]2c3ccc(Cl)cc3C=Cc3cc(Br)c[n+]([O-])c32)CC1. The minimum Gasteiger partial charge on any atom is -0.619 e. The first-order chi connectivity index (χ1) is 16.4. The molecule has 0 bridgehead atoms. The summed E-state index contributed by atoms with van der Waals surface area (Å²) in [6.07, 6.45) is 10.2. The van der Waals surface area contributed by atoms with E-state index in [1.54, 1.807) is 18.3 Å². The molecule has 0 saturated carbocycles. The zero-order valence-corrected chi connectivity index (χ0v) is 20.7. The van der Waals surface area contributed by atoms with E-state index in [2.05, 4.69) is 15.9 Å². The number of likely N-dealkylation sites (tertiary alicyclic amines) is 1. The molecule has 3 heterocycles. The second-order valence-corrected chi connectivity index (χ2v) is 10.2. The van der Waals surface area contributed by atoms with Gasteiger partial charge in [-0.15, -0.1) is 0 Å². The number of amides is 1. The fraction of sp³-hybridized carbons (Fsp3) is 0.269. The molecule has 2 aliphatic rings. The van der Waals surface area contributed by atoms with E-state index in [1.807, 2.05) is 41.3 Å². The van der Waals surface area contributed by atoms with E-state index in [0.717, 1.165) is 50.0 Å². The fourth-order valence-corrected chi connectivity index (χ4v) is 5.74. The molecule has 5 rings (SSSR count). The Bertz CT molecular complexity index is 1270. The number of piperidine rings is 1. The minimum atomic E-state index is -0.0956. The van der Waals surface area contributed by atoms with E-state index in [1.165, 1.54) is 12.4 Å². The molecule has 8 heteroatoms. The van der Waals surface area contributed by atoms with Crippen LogP contribution in [0.4, 0.5) is 0 Å². The molecule has 1 saturated heterocycles. The molecule has 0 spiro atoms. The lowest BCUT2D eigenvalue weighted by Crippen LogP contribution is -2.43. The average Bonchev–Trinajstić information content (AvgIpc) is 2.97. The zero-order valence-electron chi connectivity index (χ0n) is 18.4. The van der Waals surface area contributed by atoms with Crippen LogP contribution in [-0.2, 0) is 11.2 Å². The predicted octanol–water partition coefficient (Wildman–Crippen LogP) is 4.47. The van der Waals surface area contributed by atoms with Gasteiger partial charge in [-0.1, -0.05) is 23.7 Å². The van der Waals surface area contributed by atoms with Gasteiger partial charge >= 0.3 is 0 Å². The minimum absolute atomic E-state index is 0.0556. The molecular weight excluding hydrogens is 518 g/mol. The number of benzene rings is 1. The van der Waals surface area contributed by atoms with Gasteiger partial charge in [-0.05, 0) is 75.7 Å². The van der Waals surface area contributed by atoms with Crippen molar-refractivity contribution in [2.45, 2.75) is 25.2 Å². The molecule has 1 fully saturated rings. The normalized spacial score (nSPS) is 17.7. The number of aromatic nitrogens is 2. The predicted molar refractivity (Wildman–Crippen MR) is 134 cm³/mol. The molecule has 34 heavy (non-hydrogen) atoms. The highest BCUT2D eigenvalue weighted by atomic mass is 79.9. The summed E-state index contributed by atoms with van der Waals surface area (Å²) in [7, 11) is 0. The van der Waals surface area contributed by atoms with E-state index in [0.29, 0.717) is 22.8 Å². The molecule has 1 aliphatic carbocycles. The van der Waals surface area contributed by atoms with E-state index >= 15 is 0 Å². The van der Waals surface area contributed by atoms with Crippen molar-refractivity contribution in [3.8, 4) is 0 Å². The Hall–Kier alpha value is -2.90. The summed E-state index contributed by atoms with van der Waals surface area (Å²) in [6, 6.07) is 11.2. The van der Waals surface area contributed by atoms with Crippen molar-refractivity contribution < 1.29 is 14.3 Å². The lowest BCUT2D eigenvalue weighted by molar-refractivity contribution is -0.616. The summed E-state index contributed by atoms with van der Waals surface area (Å²) < 4.78 is 2.43. The molecular formula is C26H23BrClN3O3. The van der Waals surface area contributed by atoms with Crippen molar-refractivity contribution >= 4 is 45.6 Å².